The van der Waals surface area contributed by atoms with E-state index in [2.05, 4.69) is 57.0 Å². The van der Waals surface area contributed by atoms with Gasteiger partial charge < -0.3 is 4.74 Å². The van der Waals surface area contributed by atoms with E-state index in [0.717, 1.165) is 21.1 Å². The van der Waals surface area contributed by atoms with Crippen LogP contribution in [0.2, 0.25) is 0 Å². The average molecular weight is 370 g/mol. The number of hydrogen-bond donors (Lipinski definition) is 0. The highest BCUT2D eigenvalue weighted by Gasteiger charge is 2.07. The van der Waals surface area contributed by atoms with Crippen molar-refractivity contribution in [3.63, 3.8) is 0 Å². The quantitative estimate of drug-likeness (QED) is 0.670. The molecule has 94 valence electrons. The van der Waals surface area contributed by atoms with Gasteiger partial charge in [-0.05, 0) is 40.0 Å². The topological polar surface area (TPSA) is 9.23 Å². The zero-order valence-electron chi connectivity index (χ0n) is 10.1. The van der Waals surface area contributed by atoms with Gasteiger partial charge in [0.2, 0.25) is 0 Å². The van der Waals surface area contributed by atoms with Gasteiger partial charge in [-0.3, -0.25) is 0 Å². The summed E-state index contributed by atoms with van der Waals surface area (Å²) in [6.07, 6.45) is 0. The molecule has 0 amide bonds. The Morgan fingerprint density at radius 2 is 1.72 bits per heavy atom. The second-order valence-electron chi connectivity index (χ2n) is 4.08. The van der Waals surface area contributed by atoms with Crippen molar-refractivity contribution < 1.29 is 4.74 Å². The highest BCUT2D eigenvalue weighted by atomic mass is 79.9. The largest absolute Gasteiger partial charge is 0.487 e. The van der Waals surface area contributed by atoms with Crippen LogP contribution in [0.15, 0.2) is 46.9 Å². The van der Waals surface area contributed by atoms with E-state index in [1.54, 1.807) is 0 Å². The van der Waals surface area contributed by atoms with E-state index in [1.807, 2.05) is 24.3 Å². The smallest absolute Gasteiger partial charge is 0.138 e. The molecule has 0 heterocycles. The van der Waals surface area contributed by atoms with Crippen LogP contribution >= 0.6 is 31.9 Å². The normalized spacial score (nSPS) is 10.4. The zero-order valence-corrected chi connectivity index (χ0v) is 13.3. The number of para-hydroxylation sites is 1. The molecule has 0 atom stereocenters. The minimum atomic E-state index is 0.593. The maximum absolute atomic E-state index is 5.95. The van der Waals surface area contributed by atoms with Crippen LogP contribution in [0, 0.1) is 6.92 Å². The van der Waals surface area contributed by atoms with Crippen molar-refractivity contribution in [3.05, 3.63) is 63.6 Å². The van der Waals surface area contributed by atoms with Crippen LogP contribution < -0.4 is 4.74 Å². The molecule has 18 heavy (non-hydrogen) atoms. The number of benzene rings is 2. The Morgan fingerprint density at radius 3 is 2.44 bits per heavy atom. The molecule has 0 spiro atoms. The maximum atomic E-state index is 5.95. The summed E-state index contributed by atoms with van der Waals surface area (Å²) >= 11 is 7.02. The number of ether oxygens (including phenoxy) is 1. The van der Waals surface area contributed by atoms with E-state index >= 15 is 0 Å². The monoisotopic (exact) mass is 368 g/mol. The fourth-order valence-electron chi connectivity index (χ4n) is 1.74. The van der Waals surface area contributed by atoms with Crippen molar-refractivity contribution in [3.8, 4) is 5.75 Å². The van der Waals surface area contributed by atoms with Gasteiger partial charge in [0.1, 0.15) is 12.4 Å². The molecule has 0 fully saturated rings. The molecule has 0 bridgehead atoms. The Bertz CT molecular complexity index is 538. The van der Waals surface area contributed by atoms with Gasteiger partial charge >= 0.3 is 0 Å². The van der Waals surface area contributed by atoms with Crippen molar-refractivity contribution in [1.29, 1.82) is 0 Å². The Kier molecular flexibility index (Phi) is 4.84. The lowest BCUT2D eigenvalue weighted by Gasteiger charge is -2.13. The van der Waals surface area contributed by atoms with Gasteiger partial charge in [-0.15, -0.1) is 0 Å². The molecular weight excluding hydrogens is 356 g/mol. The summed E-state index contributed by atoms with van der Waals surface area (Å²) in [5.41, 5.74) is 3.62. The van der Waals surface area contributed by atoms with Crippen LogP contribution in [0.25, 0.3) is 0 Å². The first-order valence-corrected chi connectivity index (χ1v) is 7.64. The van der Waals surface area contributed by atoms with E-state index in [-0.39, 0.29) is 0 Å². The van der Waals surface area contributed by atoms with Crippen LogP contribution in [0.5, 0.6) is 5.75 Å². The molecule has 0 radical (unpaired) electrons. The van der Waals surface area contributed by atoms with Crippen molar-refractivity contribution >= 4 is 31.9 Å². The fourth-order valence-corrected chi connectivity index (χ4v) is 2.71. The molecule has 1 nitrogen and oxygen atoms in total. The molecule has 2 aromatic rings. The molecule has 0 aliphatic heterocycles. The van der Waals surface area contributed by atoms with E-state index in [0.29, 0.717) is 6.61 Å². The third kappa shape index (κ3) is 3.15. The number of aryl methyl sites for hydroxylation is 1. The molecule has 2 rings (SSSR count). The maximum Gasteiger partial charge on any atom is 0.138 e. The summed E-state index contributed by atoms with van der Waals surface area (Å²) in [7, 11) is 0. The second-order valence-corrected chi connectivity index (χ2v) is 5.49. The Balaban J connectivity index is 2.18. The molecular formula is C15H14Br2O. The standard InChI is InChI=1S/C15H14Br2O/c1-11-5-2-3-6-13(11)10-18-15-12(9-16)7-4-8-14(15)17/h2-8H,9-10H2,1H3. The van der Waals surface area contributed by atoms with Crippen LogP contribution in [-0.4, -0.2) is 0 Å². The number of hydrogen-bond acceptors (Lipinski definition) is 1. The molecule has 0 saturated heterocycles. The second kappa shape index (κ2) is 6.39. The number of alkyl halides is 1. The molecule has 0 N–H and O–H groups in total. The van der Waals surface area contributed by atoms with Crippen LogP contribution in [-0.2, 0) is 11.9 Å². The summed E-state index contributed by atoms with van der Waals surface area (Å²) in [5.74, 6) is 0.914. The number of halogens is 2. The highest BCUT2D eigenvalue weighted by Crippen LogP contribution is 2.31. The summed E-state index contributed by atoms with van der Waals surface area (Å²) in [6, 6.07) is 14.4. The molecule has 0 aromatic heterocycles. The average Bonchev–Trinajstić information content (AvgIpc) is 2.39. The minimum absolute atomic E-state index is 0.593. The van der Waals surface area contributed by atoms with Crippen LogP contribution in [0.3, 0.4) is 0 Å². The molecule has 0 saturated carbocycles. The van der Waals surface area contributed by atoms with Gasteiger partial charge in [-0.1, -0.05) is 52.3 Å². The van der Waals surface area contributed by atoms with Gasteiger partial charge in [0.05, 0.1) is 4.47 Å². The van der Waals surface area contributed by atoms with Crippen molar-refractivity contribution in [2.75, 3.05) is 0 Å². The third-order valence-corrected chi connectivity index (χ3v) is 4.05. The Hall–Kier alpha value is -0.800. The SMILES string of the molecule is Cc1ccccc1COc1c(Br)cccc1CBr. The van der Waals surface area contributed by atoms with E-state index in [4.69, 9.17) is 4.74 Å². The number of rotatable bonds is 4. The fraction of sp³-hybridized carbons (Fsp3) is 0.200. The predicted octanol–water partition coefficient (Wildman–Crippen LogP) is 5.23. The van der Waals surface area contributed by atoms with Gasteiger partial charge in [0.25, 0.3) is 0 Å². The molecule has 3 heteroatoms. The summed E-state index contributed by atoms with van der Waals surface area (Å²) < 4.78 is 6.94. The lowest BCUT2D eigenvalue weighted by atomic mass is 10.1. The van der Waals surface area contributed by atoms with E-state index in [9.17, 15) is 0 Å². The first-order valence-electron chi connectivity index (χ1n) is 5.73. The first kappa shape index (κ1) is 13.6. The van der Waals surface area contributed by atoms with Crippen molar-refractivity contribution in [1.82, 2.24) is 0 Å². The first-order chi connectivity index (χ1) is 8.72. The van der Waals surface area contributed by atoms with Gasteiger partial charge in [-0.25, -0.2) is 0 Å². The third-order valence-electron chi connectivity index (χ3n) is 2.83. The zero-order chi connectivity index (χ0) is 13.0. The van der Waals surface area contributed by atoms with Crippen LogP contribution in [0.1, 0.15) is 16.7 Å². The van der Waals surface area contributed by atoms with Crippen molar-refractivity contribution in [2.24, 2.45) is 0 Å². The van der Waals surface area contributed by atoms with Crippen LogP contribution in [0.4, 0.5) is 0 Å². The predicted molar refractivity (Wildman–Crippen MR) is 82.3 cm³/mol. The molecule has 0 aliphatic carbocycles. The lowest BCUT2D eigenvalue weighted by Crippen LogP contribution is -2.00. The molecule has 0 aliphatic rings. The molecule has 0 unspecified atom stereocenters. The molecule has 2 aromatic carbocycles. The lowest BCUT2D eigenvalue weighted by molar-refractivity contribution is 0.301. The highest BCUT2D eigenvalue weighted by molar-refractivity contribution is 9.10. The summed E-state index contributed by atoms with van der Waals surface area (Å²) in [6.45, 7) is 2.69. The van der Waals surface area contributed by atoms with Gasteiger partial charge in [-0.2, -0.15) is 0 Å². The minimum Gasteiger partial charge on any atom is -0.487 e. The van der Waals surface area contributed by atoms with E-state index in [1.165, 1.54) is 11.1 Å². The summed E-state index contributed by atoms with van der Waals surface area (Å²) in [5, 5.41) is 0.787. The van der Waals surface area contributed by atoms with E-state index < -0.39 is 0 Å². The van der Waals surface area contributed by atoms with Crippen molar-refractivity contribution in [2.45, 2.75) is 18.9 Å². The van der Waals surface area contributed by atoms with Gasteiger partial charge in [0.15, 0.2) is 0 Å². The summed E-state index contributed by atoms with van der Waals surface area (Å²) in [4.78, 5) is 0. The van der Waals surface area contributed by atoms with Gasteiger partial charge in [0, 0.05) is 10.9 Å². The Labute approximate surface area is 124 Å². The Morgan fingerprint density at radius 1 is 1.00 bits per heavy atom.